The van der Waals surface area contributed by atoms with Crippen LogP contribution in [0.1, 0.15) is 21.5 Å². The zero-order valence-electron chi connectivity index (χ0n) is 17.2. The quantitative estimate of drug-likeness (QED) is 0.382. The van der Waals surface area contributed by atoms with E-state index in [0.29, 0.717) is 24.3 Å². The maximum Gasteiger partial charge on any atom is 0.271 e. The highest BCUT2D eigenvalue weighted by molar-refractivity contribution is 7.94. The first-order chi connectivity index (χ1) is 15.5. The van der Waals surface area contributed by atoms with Crippen molar-refractivity contribution in [3.05, 3.63) is 119 Å². The van der Waals surface area contributed by atoms with Crippen LogP contribution in [-0.2, 0) is 23.1 Å². The molecule has 0 spiro atoms. The van der Waals surface area contributed by atoms with Gasteiger partial charge in [0.15, 0.2) is 0 Å². The molecule has 3 aromatic carbocycles. The Balaban J connectivity index is 1.53. The Morgan fingerprint density at radius 3 is 1.81 bits per heavy atom. The molecule has 0 saturated heterocycles. The molecule has 0 fully saturated rings. The first-order valence-corrected chi connectivity index (χ1v) is 12.4. The standard InChI is InChI=1S/C25H22N2O3S2/c28-25(22-13-15-23(16-14-22)26-32(29,30)24-12-7-17-31-24)27(18-20-8-3-1-4-9-20)19-21-10-5-2-6-11-21/h1-17,26H,18-19H2. The Morgan fingerprint density at radius 2 is 1.31 bits per heavy atom. The van der Waals surface area contributed by atoms with Gasteiger partial charge in [-0.15, -0.1) is 11.3 Å². The zero-order valence-corrected chi connectivity index (χ0v) is 18.9. The van der Waals surface area contributed by atoms with Gasteiger partial charge in [-0.05, 0) is 46.8 Å². The second-order valence-electron chi connectivity index (χ2n) is 7.25. The van der Waals surface area contributed by atoms with Gasteiger partial charge in [0, 0.05) is 24.3 Å². The average Bonchev–Trinajstić information content (AvgIpc) is 3.36. The van der Waals surface area contributed by atoms with E-state index in [1.165, 1.54) is 0 Å². The predicted molar refractivity (Wildman–Crippen MR) is 128 cm³/mol. The topological polar surface area (TPSA) is 66.5 Å². The van der Waals surface area contributed by atoms with Gasteiger partial charge in [0.2, 0.25) is 0 Å². The Kier molecular flexibility index (Phi) is 6.68. The fraction of sp³-hybridized carbons (Fsp3) is 0.0800. The van der Waals surface area contributed by atoms with Crippen LogP contribution in [0.4, 0.5) is 5.69 Å². The number of amides is 1. The van der Waals surface area contributed by atoms with Crippen LogP contribution < -0.4 is 4.72 Å². The third kappa shape index (κ3) is 5.43. The fourth-order valence-electron chi connectivity index (χ4n) is 3.29. The molecule has 0 bridgehead atoms. The monoisotopic (exact) mass is 462 g/mol. The van der Waals surface area contributed by atoms with Crippen molar-refractivity contribution in [1.82, 2.24) is 4.90 Å². The van der Waals surface area contributed by atoms with Gasteiger partial charge in [-0.3, -0.25) is 9.52 Å². The molecule has 0 unspecified atom stereocenters. The van der Waals surface area contributed by atoms with Crippen LogP contribution in [-0.4, -0.2) is 19.2 Å². The number of thiophene rings is 1. The van der Waals surface area contributed by atoms with E-state index >= 15 is 0 Å². The molecule has 162 valence electrons. The van der Waals surface area contributed by atoms with E-state index in [1.807, 2.05) is 60.7 Å². The number of rotatable bonds is 8. The minimum atomic E-state index is -3.63. The fourth-order valence-corrected chi connectivity index (χ4v) is 5.34. The van der Waals surface area contributed by atoms with E-state index in [1.54, 1.807) is 46.7 Å². The highest BCUT2D eigenvalue weighted by atomic mass is 32.2. The summed E-state index contributed by atoms with van der Waals surface area (Å²) in [6, 6.07) is 29.5. The van der Waals surface area contributed by atoms with E-state index in [2.05, 4.69) is 4.72 Å². The van der Waals surface area contributed by atoms with Crippen molar-refractivity contribution in [3.63, 3.8) is 0 Å². The second-order valence-corrected chi connectivity index (χ2v) is 10.1. The molecule has 32 heavy (non-hydrogen) atoms. The summed E-state index contributed by atoms with van der Waals surface area (Å²) in [6.45, 7) is 0.947. The molecule has 4 rings (SSSR count). The van der Waals surface area contributed by atoms with Crippen LogP contribution in [0.3, 0.4) is 0 Å². The lowest BCUT2D eigenvalue weighted by atomic mass is 10.1. The molecule has 4 aromatic rings. The molecule has 5 nitrogen and oxygen atoms in total. The molecular weight excluding hydrogens is 440 g/mol. The van der Waals surface area contributed by atoms with Crippen molar-refractivity contribution >= 4 is 33.0 Å². The summed E-state index contributed by atoms with van der Waals surface area (Å²) in [5, 5.41) is 1.71. The number of hydrogen-bond acceptors (Lipinski definition) is 4. The van der Waals surface area contributed by atoms with Crippen LogP contribution in [0.15, 0.2) is 107 Å². The van der Waals surface area contributed by atoms with Gasteiger partial charge in [-0.25, -0.2) is 8.42 Å². The second kappa shape index (κ2) is 9.80. The third-order valence-corrected chi connectivity index (χ3v) is 7.64. The van der Waals surface area contributed by atoms with Crippen molar-refractivity contribution in [3.8, 4) is 0 Å². The van der Waals surface area contributed by atoms with Gasteiger partial charge < -0.3 is 4.90 Å². The van der Waals surface area contributed by atoms with Crippen molar-refractivity contribution in [2.45, 2.75) is 17.3 Å². The molecular formula is C25H22N2O3S2. The summed E-state index contributed by atoms with van der Waals surface area (Å²) in [5.74, 6) is -0.120. The molecule has 0 aliphatic carbocycles. The SMILES string of the molecule is O=C(c1ccc(NS(=O)(=O)c2cccs2)cc1)N(Cc1ccccc1)Cc1ccccc1. The van der Waals surface area contributed by atoms with Crippen molar-refractivity contribution in [2.75, 3.05) is 4.72 Å². The molecule has 1 amide bonds. The number of nitrogens with zero attached hydrogens (tertiary/aromatic N) is 1. The van der Waals surface area contributed by atoms with Crippen molar-refractivity contribution < 1.29 is 13.2 Å². The molecule has 0 aliphatic rings. The maximum atomic E-state index is 13.3. The predicted octanol–water partition coefficient (Wildman–Crippen LogP) is 5.39. The number of nitrogens with one attached hydrogen (secondary N) is 1. The maximum absolute atomic E-state index is 13.3. The van der Waals surface area contributed by atoms with E-state index < -0.39 is 10.0 Å². The Morgan fingerprint density at radius 1 is 0.750 bits per heavy atom. The molecule has 1 heterocycles. The van der Waals surface area contributed by atoms with E-state index in [-0.39, 0.29) is 10.1 Å². The minimum absolute atomic E-state index is 0.120. The summed E-state index contributed by atoms with van der Waals surface area (Å²) in [7, 11) is -3.63. The normalized spacial score (nSPS) is 11.1. The molecule has 1 N–H and O–H groups in total. The average molecular weight is 463 g/mol. The van der Waals surface area contributed by atoms with Gasteiger partial charge in [0.25, 0.3) is 15.9 Å². The first-order valence-electron chi connectivity index (χ1n) is 10.0. The Hall–Kier alpha value is -3.42. The number of carbonyl (C=O) groups excluding carboxylic acids is 1. The van der Waals surface area contributed by atoms with Crippen LogP contribution >= 0.6 is 11.3 Å². The highest BCUT2D eigenvalue weighted by Gasteiger charge is 2.18. The number of carbonyl (C=O) groups is 1. The lowest BCUT2D eigenvalue weighted by molar-refractivity contribution is 0.0730. The Labute approximate surface area is 192 Å². The van der Waals surface area contributed by atoms with Crippen LogP contribution in [0.25, 0.3) is 0 Å². The van der Waals surface area contributed by atoms with Gasteiger partial charge in [0.1, 0.15) is 4.21 Å². The molecule has 7 heteroatoms. The number of anilines is 1. The van der Waals surface area contributed by atoms with Crippen LogP contribution in [0.2, 0.25) is 0 Å². The largest absolute Gasteiger partial charge is 0.330 e. The van der Waals surface area contributed by atoms with E-state index in [4.69, 9.17) is 0 Å². The van der Waals surface area contributed by atoms with Crippen LogP contribution in [0.5, 0.6) is 0 Å². The summed E-state index contributed by atoms with van der Waals surface area (Å²) in [5.41, 5.74) is 2.98. The number of benzene rings is 3. The van der Waals surface area contributed by atoms with Gasteiger partial charge in [0.05, 0.1) is 0 Å². The number of sulfonamides is 1. The summed E-state index contributed by atoms with van der Waals surface area (Å²) < 4.78 is 27.6. The zero-order chi connectivity index (χ0) is 22.4. The summed E-state index contributed by atoms with van der Waals surface area (Å²) in [6.07, 6.45) is 0. The number of hydrogen-bond donors (Lipinski definition) is 1. The summed E-state index contributed by atoms with van der Waals surface area (Å²) >= 11 is 1.15. The van der Waals surface area contributed by atoms with Gasteiger partial charge in [-0.2, -0.15) is 0 Å². The first kappa shape index (κ1) is 21.8. The lowest BCUT2D eigenvalue weighted by Gasteiger charge is -2.23. The molecule has 1 aromatic heterocycles. The third-order valence-electron chi connectivity index (χ3n) is 4.86. The molecule has 0 atom stereocenters. The van der Waals surface area contributed by atoms with Gasteiger partial charge >= 0.3 is 0 Å². The highest BCUT2D eigenvalue weighted by Crippen LogP contribution is 2.21. The molecule has 0 saturated carbocycles. The van der Waals surface area contributed by atoms with Crippen molar-refractivity contribution in [2.24, 2.45) is 0 Å². The van der Waals surface area contributed by atoms with Crippen LogP contribution in [0, 0.1) is 0 Å². The van der Waals surface area contributed by atoms with Crippen molar-refractivity contribution in [1.29, 1.82) is 0 Å². The molecule has 0 radical (unpaired) electrons. The van der Waals surface area contributed by atoms with E-state index in [9.17, 15) is 13.2 Å². The smallest absolute Gasteiger partial charge is 0.271 e. The summed E-state index contributed by atoms with van der Waals surface area (Å²) in [4.78, 5) is 15.1. The van der Waals surface area contributed by atoms with Gasteiger partial charge in [-0.1, -0.05) is 66.7 Å². The lowest BCUT2D eigenvalue weighted by Crippen LogP contribution is -2.30. The van der Waals surface area contributed by atoms with E-state index in [0.717, 1.165) is 22.5 Å². The minimum Gasteiger partial charge on any atom is -0.330 e. The Bertz CT molecular complexity index is 1210. The molecule has 0 aliphatic heterocycles.